The Kier molecular flexibility index (Phi) is 6.45. The molecule has 1 aliphatic heterocycles. The number of para-hydroxylation sites is 3. The van der Waals surface area contributed by atoms with E-state index in [0.29, 0.717) is 22.9 Å². The Labute approximate surface area is 189 Å². The van der Waals surface area contributed by atoms with Gasteiger partial charge in [-0.1, -0.05) is 30.3 Å². The van der Waals surface area contributed by atoms with E-state index in [0.717, 1.165) is 4.90 Å². The van der Waals surface area contributed by atoms with Crippen LogP contribution in [0.3, 0.4) is 0 Å². The zero-order chi connectivity index (χ0) is 23.2. The van der Waals surface area contributed by atoms with E-state index in [2.05, 4.69) is 5.32 Å². The van der Waals surface area contributed by atoms with Gasteiger partial charge in [-0.05, 0) is 48.5 Å². The molecular formula is C25H20N2O6. The quantitative estimate of drug-likeness (QED) is 0.438. The summed E-state index contributed by atoms with van der Waals surface area (Å²) in [4.78, 5) is 49.4. The zero-order valence-corrected chi connectivity index (χ0v) is 17.5. The fraction of sp³-hybridized carbons (Fsp3) is 0.120. The minimum absolute atomic E-state index is 0.178. The second-order valence-electron chi connectivity index (χ2n) is 7.21. The average Bonchev–Trinajstić information content (AvgIpc) is 3.17. The van der Waals surface area contributed by atoms with Gasteiger partial charge in [-0.25, -0.2) is 4.79 Å². The highest BCUT2D eigenvalue weighted by Crippen LogP contribution is 2.29. The first-order valence-corrected chi connectivity index (χ1v) is 10.3. The minimum atomic E-state index is -0.704. The van der Waals surface area contributed by atoms with Crippen molar-refractivity contribution in [1.29, 1.82) is 0 Å². The van der Waals surface area contributed by atoms with Crippen LogP contribution >= 0.6 is 0 Å². The molecule has 0 aliphatic carbocycles. The van der Waals surface area contributed by atoms with Crippen molar-refractivity contribution < 1.29 is 28.7 Å². The minimum Gasteiger partial charge on any atom is -0.455 e. The van der Waals surface area contributed by atoms with Crippen molar-refractivity contribution in [2.24, 2.45) is 0 Å². The third kappa shape index (κ3) is 5.24. The van der Waals surface area contributed by atoms with Gasteiger partial charge in [0.05, 0.1) is 16.9 Å². The summed E-state index contributed by atoms with van der Waals surface area (Å²) in [6, 6.07) is 21.9. The molecule has 1 aliphatic rings. The molecule has 0 bridgehead atoms. The number of imide groups is 1. The molecule has 8 heteroatoms. The fourth-order valence-corrected chi connectivity index (χ4v) is 3.29. The molecule has 0 radical (unpaired) electrons. The van der Waals surface area contributed by atoms with Crippen LogP contribution in [-0.2, 0) is 19.1 Å². The number of carbonyl (C=O) groups is 4. The summed E-state index contributed by atoms with van der Waals surface area (Å²) in [5.41, 5.74) is 1.02. The van der Waals surface area contributed by atoms with Crippen molar-refractivity contribution in [2.75, 3.05) is 16.8 Å². The lowest BCUT2D eigenvalue weighted by molar-refractivity contribution is -0.121. The number of carbonyl (C=O) groups excluding carboxylic acids is 4. The zero-order valence-electron chi connectivity index (χ0n) is 17.5. The predicted octanol–water partition coefficient (Wildman–Crippen LogP) is 3.93. The second-order valence-corrected chi connectivity index (χ2v) is 7.21. The molecule has 1 N–H and O–H groups in total. The van der Waals surface area contributed by atoms with Crippen LogP contribution in [0.1, 0.15) is 23.2 Å². The van der Waals surface area contributed by atoms with Gasteiger partial charge in [0.25, 0.3) is 5.91 Å². The summed E-state index contributed by atoms with van der Waals surface area (Å²) < 4.78 is 10.9. The Morgan fingerprint density at radius 2 is 1.45 bits per heavy atom. The maximum atomic E-state index is 12.3. The Balaban J connectivity index is 1.33. The molecule has 1 saturated heterocycles. The average molecular weight is 444 g/mol. The molecule has 0 saturated carbocycles. The number of nitrogens with zero attached hydrogens (tertiary/aromatic N) is 1. The number of benzene rings is 3. The monoisotopic (exact) mass is 444 g/mol. The van der Waals surface area contributed by atoms with Crippen LogP contribution in [-0.4, -0.2) is 30.3 Å². The predicted molar refractivity (Wildman–Crippen MR) is 120 cm³/mol. The molecule has 4 rings (SSSR count). The number of hydrogen-bond donors (Lipinski definition) is 1. The Hall–Kier alpha value is -4.46. The number of anilines is 2. The molecule has 33 heavy (non-hydrogen) atoms. The standard InChI is InChI=1S/C25H20N2O6/c28-22(26-20-8-4-5-9-21(20)33-19-6-2-1-3-7-19)16-32-25(31)17-10-12-18(13-11-17)27-23(29)14-15-24(27)30/h1-13H,14-16H2,(H,26,28). The summed E-state index contributed by atoms with van der Waals surface area (Å²) in [7, 11) is 0. The lowest BCUT2D eigenvalue weighted by atomic mass is 10.2. The third-order valence-electron chi connectivity index (χ3n) is 4.88. The summed E-state index contributed by atoms with van der Waals surface area (Å²) in [6.07, 6.45) is 0.356. The number of hydrogen-bond acceptors (Lipinski definition) is 6. The van der Waals surface area contributed by atoms with Crippen molar-refractivity contribution >= 4 is 35.1 Å². The Morgan fingerprint density at radius 1 is 0.818 bits per heavy atom. The van der Waals surface area contributed by atoms with E-state index in [9.17, 15) is 19.2 Å². The summed E-state index contributed by atoms with van der Waals surface area (Å²) in [6.45, 7) is -0.497. The Bertz CT molecular complexity index is 1180. The molecule has 0 atom stereocenters. The summed E-state index contributed by atoms with van der Waals surface area (Å²) in [5, 5.41) is 2.67. The largest absolute Gasteiger partial charge is 0.455 e. The van der Waals surface area contributed by atoms with E-state index in [1.165, 1.54) is 24.3 Å². The maximum Gasteiger partial charge on any atom is 0.338 e. The highest BCUT2D eigenvalue weighted by atomic mass is 16.5. The van der Waals surface area contributed by atoms with Gasteiger partial charge in [-0.3, -0.25) is 19.3 Å². The van der Waals surface area contributed by atoms with E-state index < -0.39 is 18.5 Å². The van der Waals surface area contributed by atoms with E-state index in [1.807, 2.05) is 18.2 Å². The SMILES string of the molecule is O=C(COC(=O)c1ccc(N2C(=O)CCC2=O)cc1)Nc1ccccc1Oc1ccccc1. The number of esters is 1. The van der Waals surface area contributed by atoms with E-state index in [-0.39, 0.29) is 30.2 Å². The third-order valence-corrected chi connectivity index (χ3v) is 4.88. The van der Waals surface area contributed by atoms with Gasteiger partial charge in [0.1, 0.15) is 5.75 Å². The van der Waals surface area contributed by atoms with Crippen LogP contribution in [0.4, 0.5) is 11.4 Å². The van der Waals surface area contributed by atoms with Crippen LogP contribution in [0.15, 0.2) is 78.9 Å². The van der Waals surface area contributed by atoms with Gasteiger partial charge < -0.3 is 14.8 Å². The van der Waals surface area contributed by atoms with Crippen molar-refractivity contribution in [3.8, 4) is 11.5 Å². The van der Waals surface area contributed by atoms with E-state index in [1.54, 1.807) is 36.4 Å². The topological polar surface area (TPSA) is 102 Å². The molecule has 0 spiro atoms. The molecule has 0 unspecified atom stereocenters. The molecule has 3 amide bonds. The smallest absolute Gasteiger partial charge is 0.338 e. The van der Waals surface area contributed by atoms with E-state index in [4.69, 9.17) is 9.47 Å². The number of ether oxygens (including phenoxy) is 2. The van der Waals surface area contributed by atoms with Crippen molar-refractivity contribution in [3.05, 3.63) is 84.4 Å². The molecule has 3 aromatic carbocycles. The molecule has 166 valence electrons. The van der Waals surface area contributed by atoms with Crippen LogP contribution in [0, 0.1) is 0 Å². The number of amides is 3. The summed E-state index contributed by atoms with van der Waals surface area (Å²) >= 11 is 0. The Morgan fingerprint density at radius 3 is 2.15 bits per heavy atom. The molecule has 3 aromatic rings. The summed E-state index contributed by atoms with van der Waals surface area (Å²) in [5.74, 6) is -0.717. The molecule has 0 aromatic heterocycles. The van der Waals surface area contributed by atoms with Gasteiger partial charge >= 0.3 is 5.97 Å². The van der Waals surface area contributed by atoms with Gasteiger partial charge in [-0.15, -0.1) is 0 Å². The van der Waals surface area contributed by atoms with Gasteiger partial charge in [-0.2, -0.15) is 0 Å². The first kappa shape index (κ1) is 21.8. The first-order chi connectivity index (χ1) is 16.0. The van der Waals surface area contributed by atoms with E-state index >= 15 is 0 Å². The van der Waals surface area contributed by atoms with Crippen LogP contribution in [0.2, 0.25) is 0 Å². The van der Waals surface area contributed by atoms with Crippen LogP contribution in [0.5, 0.6) is 11.5 Å². The van der Waals surface area contributed by atoms with Gasteiger partial charge in [0, 0.05) is 12.8 Å². The van der Waals surface area contributed by atoms with Crippen molar-refractivity contribution in [2.45, 2.75) is 12.8 Å². The molecule has 1 fully saturated rings. The molecule has 8 nitrogen and oxygen atoms in total. The maximum absolute atomic E-state index is 12.3. The lowest BCUT2D eigenvalue weighted by Gasteiger charge is -2.14. The fourth-order valence-electron chi connectivity index (χ4n) is 3.29. The van der Waals surface area contributed by atoms with Crippen molar-refractivity contribution in [1.82, 2.24) is 0 Å². The molecule has 1 heterocycles. The van der Waals surface area contributed by atoms with Gasteiger partial charge in [0.15, 0.2) is 12.4 Å². The normalized spacial score (nSPS) is 13.0. The number of nitrogens with one attached hydrogen (secondary N) is 1. The second kappa shape index (κ2) is 9.78. The first-order valence-electron chi connectivity index (χ1n) is 10.3. The van der Waals surface area contributed by atoms with Crippen LogP contribution in [0.25, 0.3) is 0 Å². The molecular weight excluding hydrogens is 424 g/mol. The van der Waals surface area contributed by atoms with Crippen molar-refractivity contribution in [3.63, 3.8) is 0 Å². The van der Waals surface area contributed by atoms with Crippen LogP contribution < -0.4 is 15.0 Å². The van der Waals surface area contributed by atoms with Gasteiger partial charge in [0.2, 0.25) is 11.8 Å². The lowest BCUT2D eigenvalue weighted by Crippen LogP contribution is -2.28. The number of rotatable bonds is 7. The highest BCUT2D eigenvalue weighted by molar-refractivity contribution is 6.19. The highest BCUT2D eigenvalue weighted by Gasteiger charge is 2.30.